The van der Waals surface area contributed by atoms with E-state index in [0.717, 1.165) is 22.1 Å². The van der Waals surface area contributed by atoms with Crippen LogP contribution in [0, 0.1) is 0 Å². The molecule has 0 amide bonds. The molecular weight excluding hydrogens is 324 g/mol. The highest BCUT2D eigenvalue weighted by Crippen LogP contribution is 2.40. The molecule has 1 N–H and O–H groups in total. The van der Waals surface area contributed by atoms with E-state index in [-0.39, 0.29) is 0 Å². The number of ether oxygens (including phenoxy) is 2. The van der Waals surface area contributed by atoms with E-state index in [4.69, 9.17) is 9.47 Å². The van der Waals surface area contributed by atoms with Crippen LogP contribution in [0.5, 0.6) is 11.5 Å². The third-order valence-electron chi connectivity index (χ3n) is 3.23. The molecule has 1 aromatic carbocycles. The Morgan fingerprint density at radius 2 is 2.15 bits per heavy atom. The molecule has 0 bridgehead atoms. The lowest BCUT2D eigenvalue weighted by atomic mass is 10.0. The van der Waals surface area contributed by atoms with Gasteiger partial charge in [0.1, 0.15) is 19.3 Å². The Kier molecular flexibility index (Phi) is 3.67. The second kappa shape index (κ2) is 5.46. The third-order valence-corrected chi connectivity index (χ3v) is 3.82. The largest absolute Gasteiger partial charge is 0.486 e. The van der Waals surface area contributed by atoms with Gasteiger partial charge in [0.05, 0.1) is 10.7 Å². The number of aromatic nitrogens is 2. The van der Waals surface area contributed by atoms with Crippen molar-refractivity contribution in [3.05, 3.63) is 40.1 Å². The van der Waals surface area contributed by atoms with Gasteiger partial charge in [-0.2, -0.15) is 5.10 Å². The maximum Gasteiger partial charge on any atom is 0.175 e. The Labute approximate surface area is 125 Å². The summed E-state index contributed by atoms with van der Waals surface area (Å²) < 4.78 is 13.7. The van der Waals surface area contributed by atoms with Crippen LogP contribution in [0.25, 0.3) is 0 Å². The van der Waals surface area contributed by atoms with E-state index in [9.17, 15) is 5.11 Å². The van der Waals surface area contributed by atoms with Crippen molar-refractivity contribution in [1.82, 2.24) is 9.78 Å². The predicted octanol–water partition coefficient (Wildman–Crippen LogP) is 2.52. The third kappa shape index (κ3) is 2.41. The molecule has 1 aliphatic heterocycles. The van der Waals surface area contributed by atoms with Gasteiger partial charge in [-0.25, -0.2) is 0 Å². The minimum atomic E-state index is -0.734. The molecule has 0 radical (unpaired) electrons. The predicted molar refractivity (Wildman–Crippen MR) is 77.1 cm³/mol. The van der Waals surface area contributed by atoms with Crippen molar-refractivity contribution in [2.75, 3.05) is 13.2 Å². The van der Waals surface area contributed by atoms with Crippen LogP contribution in [0.1, 0.15) is 24.2 Å². The second-order valence-corrected chi connectivity index (χ2v) is 5.41. The molecule has 106 valence electrons. The molecule has 0 saturated heterocycles. The topological polar surface area (TPSA) is 56.5 Å². The maximum atomic E-state index is 10.5. The molecule has 0 spiro atoms. The SMILES string of the molecule is CCn1cc(C(O)c2cc(Br)c3c(c2)OCCO3)cn1. The van der Waals surface area contributed by atoms with Gasteiger partial charge in [-0.15, -0.1) is 0 Å². The van der Waals surface area contributed by atoms with Crippen molar-refractivity contribution in [2.45, 2.75) is 19.6 Å². The molecule has 0 fully saturated rings. The number of hydrogen-bond acceptors (Lipinski definition) is 4. The van der Waals surface area contributed by atoms with Gasteiger partial charge in [0.25, 0.3) is 0 Å². The molecule has 6 heteroatoms. The van der Waals surface area contributed by atoms with Crippen LogP contribution in [-0.4, -0.2) is 28.1 Å². The first kappa shape index (κ1) is 13.5. The van der Waals surface area contributed by atoms with Crippen LogP contribution in [0.4, 0.5) is 0 Å². The Morgan fingerprint density at radius 3 is 2.90 bits per heavy atom. The molecule has 2 heterocycles. The summed E-state index contributed by atoms with van der Waals surface area (Å²) in [4.78, 5) is 0. The summed E-state index contributed by atoms with van der Waals surface area (Å²) in [5.41, 5.74) is 1.51. The summed E-state index contributed by atoms with van der Waals surface area (Å²) in [6, 6.07) is 3.66. The van der Waals surface area contributed by atoms with Crippen LogP contribution in [0.15, 0.2) is 29.0 Å². The molecular formula is C14H15BrN2O3. The fourth-order valence-electron chi connectivity index (χ4n) is 2.17. The van der Waals surface area contributed by atoms with Gasteiger partial charge in [-0.1, -0.05) is 0 Å². The second-order valence-electron chi connectivity index (χ2n) is 4.56. The number of rotatable bonds is 3. The van der Waals surface area contributed by atoms with Crippen LogP contribution in [-0.2, 0) is 6.54 Å². The number of aryl methyl sites for hydroxylation is 1. The summed E-state index contributed by atoms with van der Waals surface area (Å²) in [5.74, 6) is 1.35. The summed E-state index contributed by atoms with van der Waals surface area (Å²) in [6.45, 7) is 3.84. The normalized spacial score (nSPS) is 15.2. The number of nitrogens with zero attached hydrogens (tertiary/aromatic N) is 2. The molecule has 2 aromatic rings. The van der Waals surface area contributed by atoms with E-state index in [1.165, 1.54) is 0 Å². The first-order valence-electron chi connectivity index (χ1n) is 6.48. The average Bonchev–Trinajstić information content (AvgIpc) is 2.95. The number of benzene rings is 1. The van der Waals surface area contributed by atoms with Gasteiger partial charge in [0, 0.05) is 18.3 Å². The van der Waals surface area contributed by atoms with Crippen molar-refractivity contribution in [3.8, 4) is 11.5 Å². The van der Waals surface area contributed by atoms with Crippen molar-refractivity contribution in [2.24, 2.45) is 0 Å². The maximum absolute atomic E-state index is 10.5. The van der Waals surface area contributed by atoms with Crippen LogP contribution < -0.4 is 9.47 Å². The molecule has 1 aromatic heterocycles. The highest BCUT2D eigenvalue weighted by molar-refractivity contribution is 9.10. The van der Waals surface area contributed by atoms with Gasteiger partial charge >= 0.3 is 0 Å². The van der Waals surface area contributed by atoms with Gasteiger partial charge < -0.3 is 14.6 Å². The lowest BCUT2D eigenvalue weighted by Gasteiger charge is -2.21. The summed E-state index contributed by atoms with van der Waals surface area (Å²) in [6.07, 6.45) is 2.79. The lowest BCUT2D eigenvalue weighted by molar-refractivity contribution is 0.168. The van der Waals surface area contributed by atoms with E-state index in [1.807, 2.05) is 25.3 Å². The lowest BCUT2D eigenvalue weighted by Crippen LogP contribution is -2.16. The molecule has 1 unspecified atom stereocenters. The van der Waals surface area contributed by atoms with Crippen molar-refractivity contribution in [3.63, 3.8) is 0 Å². The zero-order valence-electron chi connectivity index (χ0n) is 11.0. The van der Waals surface area contributed by atoms with E-state index in [0.29, 0.717) is 24.7 Å². The number of aliphatic hydroxyl groups excluding tert-OH is 1. The average molecular weight is 339 g/mol. The highest BCUT2D eigenvalue weighted by atomic mass is 79.9. The number of aliphatic hydroxyl groups is 1. The smallest absolute Gasteiger partial charge is 0.175 e. The van der Waals surface area contributed by atoms with Crippen LogP contribution in [0.3, 0.4) is 0 Å². The molecule has 0 saturated carbocycles. The summed E-state index contributed by atoms with van der Waals surface area (Å²) >= 11 is 3.46. The standard InChI is InChI=1S/C14H15BrN2O3/c1-2-17-8-10(7-16-17)13(18)9-5-11(15)14-12(6-9)19-3-4-20-14/h5-8,13,18H,2-4H2,1H3. The number of hydrogen-bond donors (Lipinski definition) is 1. The minimum Gasteiger partial charge on any atom is -0.486 e. The summed E-state index contributed by atoms with van der Waals surface area (Å²) in [5, 5.41) is 14.6. The molecule has 1 aliphatic rings. The first-order valence-corrected chi connectivity index (χ1v) is 7.27. The Morgan fingerprint density at radius 1 is 1.35 bits per heavy atom. The molecule has 3 rings (SSSR count). The molecule has 20 heavy (non-hydrogen) atoms. The van der Waals surface area contributed by atoms with Crippen molar-refractivity contribution < 1.29 is 14.6 Å². The van der Waals surface area contributed by atoms with Gasteiger partial charge in [-0.05, 0) is 40.5 Å². The fourth-order valence-corrected chi connectivity index (χ4v) is 2.75. The molecule has 0 aliphatic carbocycles. The van der Waals surface area contributed by atoms with Crippen LogP contribution >= 0.6 is 15.9 Å². The van der Waals surface area contributed by atoms with Gasteiger partial charge in [-0.3, -0.25) is 4.68 Å². The van der Waals surface area contributed by atoms with Crippen LogP contribution in [0.2, 0.25) is 0 Å². The Balaban J connectivity index is 1.95. The van der Waals surface area contributed by atoms with Gasteiger partial charge in [0.2, 0.25) is 0 Å². The van der Waals surface area contributed by atoms with E-state index in [1.54, 1.807) is 10.9 Å². The van der Waals surface area contributed by atoms with E-state index in [2.05, 4.69) is 21.0 Å². The number of halogens is 1. The fraction of sp³-hybridized carbons (Fsp3) is 0.357. The zero-order chi connectivity index (χ0) is 14.1. The summed E-state index contributed by atoms with van der Waals surface area (Å²) in [7, 11) is 0. The van der Waals surface area contributed by atoms with E-state index < -0.39 is 6.10 Å². The first-order chi connectivity index (χ1) is 9.69. The number of fused-ring (bicyclic) bond motifs is 1. The van der Waals surface area contributed by atoms with Crippen molar-refractivity contribution in [1.29, 1.82) is 0 Å². The van der Waals surface area contributed by atoms with E-state index >= 15 is 0 Å². The molecule has 5 nitrogen and oxygen atoms in total. The highest BCUT2D eigenvalue weighted by Gasteiger charge is 2.20. The van der Waals surface area contributed by atoms with Crippen molar-refractivity contribution >= 4 is 15.9 Å². The zero-order valence-corrected chi connectivity index (χ0v) is 12.6. The molecule has 1 atom stereocenters. The van der Waals surface area contributed by atoms with Gasteiger partial charge in [0.15, 0.2) is 11.5 Å². The Bertz CT molecular complexity index is 627. The monoisotopic (exact) mass is 338 g/mol. The Hall–Kier alpha value is -1.53. The quantitative estimate of drug-likeness (QED) is 0.934. The minimum absolute atomic E-state index is 0.521.